The fourth-order valence-electron chi connectivity index (χ4n) is 3.38. The highest BCUT2D eigenvalue weighted by Gasteiger charge is 2.35. The SMILES string of the molecule is Cc1ccc(C(=O)NC[C@H]2CCCO[C@H]2C(C)(C)C)cc1S(N)(=O)=O. The van der Waals surface area contributed by atoms with E-state index in [1.165, 1.54) is 6.07 Å². The lowest BCUT2D eigenvalue weighted by molar-refractivity contribution is -0.0839. The molecule has 0 saturated carbocycles. The topological polar surface area (TPSA) is 98.5 Å². The minimum atomic E-state index is -3.85. The molecule has 6 nitrogen and oxygen atoms in total. The molecule has 25 heavy (non-hydrogen) atoms. The predicted molar refractivity (Wildman–Crippen MR) is 96.8 cm³/mol. The number of sulfonamides is 1. The van der Waals surface area contributed by atoms with Crippen molar-refractivity contribution >= 4 is 15.9 Å². The van der Waals surface area contributed by atoms with Crippen molar-refractivity contribution in [2.24, 2.45) is 16.5 Å². The standard InChI is InChI=1S/C18H28N2O4S/c1-12-7-8-13(10-15(12)25(19,22)23)17(21)20-11-14-6-5-9-24-16(14)18(2,3)4/h7-8,10,14,16H,5-6,9,11H2,1-4H3,(H,20,21)(H2,19,22,23)/t14-,16-/m1/s1. The van der Waals surface area contributed by atoms with E-state index in [4.69, 9.17) is 9.88 Å². The average molecular weight is 368 g/mol. The number of nitrogens with two attached hydrogens (primary N) is 1. The van der Waals surface area contributed by atoms with Crippen LogP contribution in [0.15, 0.2) is 23.1 Å². The van der Waals surface area contributed by atoms with Crippen molar-refractivity contribution in [2.45, 2.75) is 51.5 Å². The fourth-order valence-corrected chi connectivity index (χ4v) is 4.19. The molecule has 0 aliphatic carbocycles. The molecule has 1 saturated heterocycles. The van der Waals surface area contributed by atoms with Gasteiger partial charge in [0.15, 0.2) is 0 Å². The van der Waals surface area contributed by atoms with E-state index in [1.54, 1.807) is 19.1 Å². The Kier molecular flexibility index (Phi) is 5.91. The lowest BCUT2D eigenvalue weighted by Crippen LogP contribution is -2.45. The average Bonchev–Trinajstić information content (AvgIpc) is 2.51. The number of hydrogen-bond donors (Lipinski definition) is 2. The van der Waals surface area contributed by atoms with Crippen LogP contribution in [0.5, 0.6) is 0 Å². The van der Waals surface area contributed by atoms with Gasteiger partial charge in [-0.2, -0.15) is 0 Å². The van der Waals surface area contributed by atoms with Gasteiger partial charge < -0.3 is 10.1 Å². The minimum Gasteiger partial charge on any atom is -0.377 e. The van der Waals surface area contributed by atoms with Crippen LogP contribution in [0.2, 0.25) is 0 Å². The molecule has 2 atom stereocenters. The summed E-state index contributed by atoms with van der Waals surface area (Å²) in [4.78, 5) is 12.4. The summed E-state index contributed by atoms with van der Waals surface area (Å²) < 4.78 is 29.2. The number of rotatable bonds is 4. The van der Waals surface area contributed by atoms with E-state index in [2.05, 4.69) is 26.1 Å². The van der Waals surface area contributed by atoms with Crippen LogP contribution >= 0.6 is 0 Å². The molecule has 1 aromatic rings. The first kappa shape index (κ1) is 19.9. The molecule has 0 spiro atoms. The highest BCUT2D eigenvalue weighted by molar-refractivity contribution is 7.89. The number of benzene rings is 1. The normalized spacial score (nSPS) is 21.8. The second-order valence-corrected chi connectivity index (χ2v) is 9.32. The van der Waals surface area contributed by atoms with Crippen molar-refractivity contribution in [3.63, 3.8) is 0 Å². The molecule has 0 unspecified atom stereocenters. The second-order valence-electron chi connectivity index (χ2n) is 7.80. The number of ether oxygens (including phenoxy) is 1. The molecule has 3 N–H and O–H groups in total. The smallest absolute Gasteiger partial charge is 0.251 e. The van der Waals surface area contributed by atoms with Crippen molar-refractivity contribution in [1.29, 1.82) is 0 Å². The summed E-state index contributed by atoms with van der Waals surface area (Å²) in [7, 11) is -3.85. The molecular weight excluding hydrogens is 340 g/mol. The second kappa shape index (κ2) is 7.43. The van der Waals surface area contributed by atoms with Crippen LogP contribution < -0.4 is 10.5 Å². The van der Waals surface area contributed by atoms with E-state index < -0.39 is 10.0 Å². The van der Waals surface area contributed by atoms with E-state index in [0.29, 0.717) is 17.7 Å². The highest BCUT2D eigenvalue weighted by Crippen LogP contribution is 2.33. The van der Waals surface area contributed by atoms with Gasteiger partial charge in [0.2, 0.25) is 10.0 Å². The molecular formula is C18H28N2O4S. The van der Waals surface area contributed by atoms with Gasteiger partial charge in [-0.15, -0.1) is 0 Å². The summed E-state index contributed by atoms with van der Waals surface area (Å²) >= 11 is 0. The van der Waals surface area contributed by atoms with Crippen LogP contribution in [-0.2, 0) is 14.8 Å². The number of amides is 1. The van der Waals surface area contributed by atoms with Crippen LogP contribution in [0.1, 0.15) is 49.5 Å². The Labute approximate surface area is 150 Å². The number of carbonyl (C=O) groups is 1. The number of aryl methyl sites for hydroxylation is 1. The molecule has 1 fully saturated rings. The zero-order valence-corrected chi connectivity index (χ0v) is 16.2. The van der Waals surface area contributed by atoms with Crippen LogP contribution in [0.25, 0.3) is 0 Å². The van der Waals surface area contributed by atoms with Crippen molar-refractivity contribution in [2.75, 3.05) is 13.2 Å². The molecule has 1 aliphatic rings. The maximum Gasteiger partial charge on any atom is 0.251 e. The third-order valence-corrected chi connectivity index (χ3v) is 5.63. The Morgan fingerprint density at radius 2 is 2.04 bits per heavy atom. The Morgan fingerprint density at radius 3 is 2.64 bits per heavy atom. The lowest BCUT2D eigenvalue weighted by Gasteiger charge is -2.40. The molecule has 0 aromatic heterocycles. The van der Waals surface area contributed by atoms with E-state index in [0.717, 1.165) is 19.4 Å². The summed E-state index contributed by atoms with van der Waals surface area (Å²) in [6.45, 7) is 9.30. The maximum absolute atomic E-state index is 12.4. The van der Waals surface area contributed by atoms with Crippen molar-refractivity contribution in [1.82, 2.24) is 5.32 Å². The molecule has 0 bridgehead atoms. The fraction of sp³-hybridized carbons (Fsp3) is 0.611. The van der Waals surface area contributed by atoms with Gasteiger partial charge in [0.05, 0.1) is 11.0 Å². The molecule has 1 amide bonds. The Hall–Kier alpha value is -1.44. The largest absolute Gasteiger partial charge is 0.377 e. The van der Waals surface area contributed by atoms with Gasteiger partial charge in [0, 0.05) is 24.6 Å². The first-order valence-corrected chi connectivity index (χ1v) is 10.1. The molecule has 1 heterocycles. The summed E-state index contributed by atoms with van der Waals surface area (Å²) in [5.74, 6) is -0.0657. The van der Waals surface area contributed by atoms with Gasteiger partial charge in [0.25, 0.3) is 5.91 Å². The quantitative estimate of drug-likeness (QED) is 0.851. The third kappa shape index (κ3) is 5.03. The summed E-state index contributed by atoms with van der Waals surface area (Å²) in [5.41, 5.74) is 0.812. The Morgan fingerprint density at radius 1 is 1.36 bits per heavy atom. The number of carbonyl (C=O) groups excluding carboxylic acids is 1. The summed E-state index contributed by atoms with van der Waals surface area (Å²) in [6.07, 6.45) is 2.06. The number of hydrogen-bond acceptors (Lipinski definition) is 4. The molecule has 1 aliphatic heterocycles. The van der Waals surface area contributed by atoms with Crippen LogP contribution in [0, 0.1) is 18.3 Å². The third-order valence-electron chi connectivity index (χ3n) is 4.58. The van der Waals surface area contributed by atoms with Gasteiger partial charge >= 0.3 is 0 Å². The number of nitrogens with one attached hydrogen (secondary N) is 1. The summed E-state index contributed by atoms with van der Waals surface area (Å²) in [6, 6.07) is 4.53. The van der Waals surface area contributed by atoms with Gasteiger partial charge in [-0.3, -0.25) is 4.79 Å². The van der Waals surface area contributed by atoms with Crippen LogP contribution in [-0.4, -0.2) is 33.6 Å². The molecule has 1 aromatic carbocycles. The Balaban J connectivity index is 2.10. The van der Waals surface area contributed by atoms with Gasteiger partial charge in [0.1, 0.15) is 0 Å². The van der Waals surface area contributed by atoms with E-state index in [-0.39, 0.29) is 28.2 Å². The van der Waals surface area contributed by atoms with Crippen molar-refractivity contribution in [3.05, 3.63) is 29.3 Å². The van der Waals surface area contributed by atoms with Crippen LogP contribution in [0.3, 0.4) is 0 Å². The molecule has 140 valence electrons. The monoisotopic (exact) mass is 368 g/mol. The zero-order valence-electron chi connectivity index (χ0n) is 15.3. The van der Waals surface area contributed by atoms with Gasteiger partial charge in [-0.1, -0.05) is 26.8 Å². The number of primary sulfonamides is 1. The van der Waals surface area contributed by atoms with Gasteiger partial charge in [-0.25, -0.2) is 13.6 Å². The van der Waals surface area contributed by atoms with E-state index in [1.807, 2.05) is 0 Å². The predicted octanol–water partition coefficient (Wildman–Crippen LogP) is 2.21. The van der Waals surface area contributed by atoms with Crippen molar-refractivity contribution in [3.8, 4) is 0 Å². The first-order chi connectivity index (χ1) is 11.5. The van der Waals surface area contributed by atoms with E-state index in [9.17, 15) is 13.2 Å². The first-order valence-electron chi connectivity index (χ1n) is 8.53. The molecule has 2 rings (SSSR count). The Bertz CT molecular complexity index is 738. The zero-order chi connectivity index (χ0) is 18.8. The maximum atomic E-state index is 12.4. The summed E-state index contributed by atoms with van der Waals surface area (Å²) in [5, 5.41) is 8.12. The highest BCUT2D eigenvalue weighted by atomic mass is 32.2. The molecule has 7 heteroatoms. The lowest BCUT2D eigenvalue weighted by atomic mass is 9.78. The van der Waals surface area contributed by atoms with Crippen molar-refractivity contribution < 1.29 is 17.9 Å². The van der Waals surface area contributed by atoms with E-state index >= 15 is 0 Å². The van der Waals surface area contributed by atoms with Gasteiger partial charge in [-0.05, 0) is 42.9 Å². The molecule has 0 radical (unpaired) electrons. The minimum absolute atomic E-state index is 0.000467. The van der Waals surface area contributed by atoms with Crippen LogP contribution in [0.4, 0.5) is 0 Å².